The van der Waals surface area contributed by atoms with Gasteiger partial charge in [-0.25, -0.2) is 0 Å². The molecule has 2 nitrogen and oxygen atoms in total. The molecule has 0 spiro atoms. The van der Waals surface area contributed by atoms with E-state index in [2.05, 4.69) is 4.90 Å². The Morgan fingerprint density at radius 3 is 2.46 bits per heavy atom. The van der Waals surface area contributed by atoms with Crippen LogP contribution in [-0.4, -0.2) is 31.1 Å². The Labute approximate surface area is 81.5 Å². The highest BCUT2D eigenvalue weighted by molar-refractivity contribution is 4.83. The molecule has 2 bridgehead atoms. The average Bonchev–Trinajstić information content (AvgIpc) is 2.14. The van der Waals surface area contributed by atoms with E-state index in [1.165, 1.54) is 51.7 Å². The van der Waals surface area contributed by atoms with Crippen molar-refractivity contribution >= 4 is 0 Å². The Hall–Kier alpha value is -0.0800. The van der Waals surface area contributed by atoms with Crippen LogP contribution in [0.1, 0.15) is 32.1 Å². The van der Waals surface area contributed by atoms with E-state index in [9.17, 15) is 0 Å². The lowest BCUT2D eigenvalue weighted by atomic mass is 9.78. The molecule has 0 aromatic rings. The molecule has 0 aromatic heterocycles. The van der Waals surface area contributed by atoms with Gasteiger partial charge in [0.1, 0.15) is 0 Å². The predicted molar refractivity (Wildman–Crippen MR) is 55.6 cm³/mol. The summed E-state index contributed by atoms with van der Waals surface area (Å²) in [6, 6.07) is 0. The lowest BCUT2D eigenvalue weighted by molar-refractivity contribution is 0.0859. The zero-order valence-corrected chi connectivity index (χ0v) is 8.54. The predicted octanol–water partition coefficient (Wildman–Crippen LogP) is 1.46. The molecular formula is C11H22N2. The highest BCUT2D eigenvalue weighted by Gasteiger charge is 2.29. The largest absolute Gasteiger partial charge is 0.330 e. The van der Waals surface area contributed by atoms with Crippen LogP contribution < -0.4 is 5.73 Å². The van der Waals surface area contributed by atoms with Gasteiger partial charge in [0.2, 0.25) is 0 Å². The molecule has 1 saturated carbocycles. The first-order valence-electron chi connectivity index (χ1n) is 5.81. The van der Waals surface area contributed by atoms with Crippen LogP contribution in [0, 0.1) is 11.8 Å². The van der Waals surface area contributed by atoms with Crippen molar-refractivity contribution in [2.24, 2.45) is 17.6 Å². The minimum Gasteiger partial charge on any atom is -0.330 e. The fourth-order valence-corrected chi connectivity index (χ4v) is 3.04. The van der Waals surface area contributed by atoms with Crippen molar-refractivity contribution in [2.75, 3.05) is 26.2 Å². The molecule has 2 heteroatoms. The van der Waals surface area contributed by atoms with Crippen LogP contribution in [0.4, 0.5) is 0 Å². The summed E-state index contributed by atoms with van der Waals surface area (Å²) in [6.07, 6.45) is 7.14. The normalized spacial score (nSPS) is 34.8. The van der Waals surface area contributed by atoms with Crippen molar-refractivity contribution in [1.82, 2.24) is 4.90 Å². The molecule has 2 fully saturated rings. The van der Waals surface area contributed by atoms with Gasteiger partial charge in [0.15, 0.2) is 0 Å². The number of likely N-dealkylation sites (tertiary alicyclic amines) is 1. The summed E-state index contributed by atoms with van der Waals surface area (Å²) in [4.78, 5) is 2.64. The van der Waals surface area contributed by atoms with Gasteiger partial charge in [0.25, 0.3) is 0 Å². The molecule has 1 aliphatic heterocycles. The molecule has 76 valence electrons. The second-order valence-electron chi connectivity index (χ2n) is 4.80. The third-order valence-electron chi connectivity index (χ3n) is 3.60. The SMILES string of the molecule is NCCCN1C[C@@H]2CCC[C@@H](C2)C1. The number of nitrogens with zero attached hydrogens (tertiary/aromatic N) is 1. The summed E-state index contributed by atoms with van der Waals surface area (Å²) in [7, 11) is 0. The van der Waals surface area contributed by atoms with Gasteiger partial charge in [-0.05, 0) is 50.6 Å². The van der Waals surface area contributed by atoms with Crippen molar-refractivity contribution in [1.29, 1.82) is 0 Å². The lowest BCUT2D eigenvalue weighted by Gasteiger charge is -2.41. The van der Waals surface area contributed by atoms with Gasteiger partial charge >= 0.3 is 0 Å². The number of piperidine rings is 1. The maximum absolute atomic E-state index is 5.53. The summed E-state index contributed by atoms with van der Waals surface area (Å²) < 4.78 is 0. The molecule has 2 N–H and O–H groups in total. The van der Waals surface area contributed by atoms with E-state index in [0.717, 1.165) is 18.4 Å². The van der Waals surface area contributed by atoms with Gasteiger partial charge in [0, 0.05) is 13.1 Å². The van der Waals surface area contributed by atoms with Crippen LogP contribution in [0.25, 0.3) is 0 Å². The zero-order valence-electron chi connectivity index (χ0n) is 8.54. The van der Waals surface area contributed by atoms with Crippen molar-refractivity contribution in [3.05, 3.63) is 0 Å². The quantitative estimate of drug-likeness (QED) is 0.716. The van der Waals surface area contributed by atoms with Gasteiger partial charge in [0.05, 0.1) is 0 Å². The standard InChI is InChI=1S/C11H22N2/c12-5-2-6-13-8-10-3-1-4-11(7-10)9-13/h10-11H,1-9,12H2/t10-,11+. The summed E-state index contributed by atoms with van der Waals surface area (Å²) in [5.41, 5.74) is 5.53. The zero-order chi connectivity index (χ0) is 9.10. The molecule has 2 aliphatic rings. The monoisotopic (exact) mass is 182 g/mol. The second kappa shape index (κ2) is 4.43. The van der Waals surface area contributed by atoms with Crippen LogP contribution in [0.3, 0.4) is 0 Å². The van der Waals surface area contributed by atoms with Crippen LogP contribution in [0.5, 0.6) is 0 Å². The van der Waals surface area contributed by atoms with Crippen molar-refractivity contribution < 1.29 is 0 Å². The minimum atomic E-state index is 0.853. The molecule has 0 unspecified atom stereocenters. The molecule has 1 heterocycles. The van der Waals surface area contributed by atoms with E-state index in [4.69, 9.17) is 5.73 Å². The molecule has 0 aromatic carbocycles. The molecular weight excluding hydrogens is 160 g/mol. The fourth-order valence-electron chi connectivity index (χ4n) is 3.04. The number of rotatable bonds is 3. The highest BCUT2D eigenvalue weighted by atomic mass is 15.1. The molecule has 1 aliphatic carbocycles. The third kappa shape index (κ3) is 2.44. The number of nitrogens with two attached hydrogens (primary N) is 1. The topological polar surface area (TPSA) is 29.3 Å². The maximum atomic E-state index is 5.53. The molecule has 2 rings (SSSR count). The molecule has 2 atom stereocenters. The van der Waals surface area contributed by atoms with E-state index in [-0.39, 0.29) is 0 Å². The summed E-state index contributed by atoms with van der Waals surface area (Å²) >= 11 is 0. The van der Waals surface area contributed by atoms with Crippen molar-refractivity contribution in [3.8, 4) is 0 Å². The van der Waals surface area contributed by atoms with E-state index >= 15 is 0 Å². The number of fused-ring (bicyclic) bond motifs is 2. The number of hydrogen-bond donors (Lipinski definition) is 1. The van der Waals surface area contributed by atoms with Gasteiger partial charge < -0.3 is 10.6 Å². The highest BCUT2D eigenvalue weighted by Crippen LogP contribution is 2.34. The van der Waals surface area contributed by atoms with Gasteiger partial charge in [-0.2, -0.15) is 0 Å². The summed E-state index contributed by atoms with van der Waals surface area (Å²) in [6.45, 7) is 4.81. The Morgan fingerprint density at radius 2 is 1.85 bits per heavy atom. The van der Waals surface area contributed by atoms with Crippen LogP contribution in [-0.2, 0) is 0 Å². The molecule has 13 heavy (non-hydrogen) atoms. The Balaban J connectivity index is 1.80. The van der Waals surface area contributed by atoms with E-state index in [1.807, 2.05) is 0 Å². The first-order valence-corrected chi connectivity index (χ1v) is 5.81. The summed E-state index contributed by atoms with van der Waals surface area (Å²) in [5.74, 6) is 2.04. The second-order valence-corrected chi connectivity index (χ2v) is 4.80. The van der Waals surface area contributed by atoms with Gasteiger partial charge in [-0.3, -0.25) is 0 Å². The van der Waals surface area contributed by atoms with Crippen molar-refractivity contribution in [2.45, 2.75) is 32.1 Å². The van der Waals surface area contributed by atoms with Gasteiger partial charge in [-0.15, -0.1) is 0 Å². The Morgan fingerprint density at radius 1 is 1.15 bits per heavy atom. The Bertz CT molecular complexity index is 146. The lowest BCUT2D eigenvalue weighted by Crippen LogP contribution is -2.43. The fraction of sp³-hybridized carbons (Fsp3) is 1.00. The Kier molecular flexibility index (Phi) is 3.23. The van der Waals surface area contributed by atoms with E-state index in [1.54, 1.807) is 0 Å². The molecule has 0 radical (unpaired) electrons. The molecule has 1 saturated heterocycles. The van der Waals surface area contributed by atoms with E-state index in [0.29, 0.717) is 0 Å². The van der Waals surface area contributed by atoms with Gasteiger partial charge in [-0.1, -0.05) is 6.42 Å². The molecule has 0 amide bonds. The first-order chi connectivity index (χ1) is 6.38. The first kappa shape index (κ1) is 9.47. The van der Waals surface area contributed by atoms with Crippen LogP contribution >= 0.6 is 0 Å². The van der Waals surface area contributed by atoms with E-state index < -0.39 is 0 Å². The smallest absolute Gasteiger partial charge is 0.000989 e. The minimum absolute atomic E-state index is 0.853. The van der Waals surface area contributed by atoms with Crippen LogP contribution in [0.2, 0.25) is 0 Å². The third-order valence-corrected chi connectivity index (χ3v) is 3.60. The maximum Gasteiger partial charge on any atom is 0.000989 e. The average molecular weight is 182 g/mol. The van der Waals surface area contributed by atoms with Crippen LogP contribution in [0.15, 0.2) is 0 Å². The summed E-state index contributed by atoms with van der Waals surface area (Å²) in [5, 5.41) is 0. The number of hydrogen-bond acceptors (Lipinski definition) is 2. The van der Waals surface area contributed by atoms with Crippen molar-refractivity contribution in [3.63, 3.8) is 0 Å².